The molecule has 0 aliphatic heterocycles. The fourth-order valence-electron chi connectivity index (χ4n) is 3.91. The molecule has 30 heavy (non-hydrogen) atoms. The van der Waals surface area contributed by atoms with Crippen LogP contribution in [0.3, 0.4) is 0 Å². The number of rotatable bonds is 7. The molecular formula is C22H26N4O3S. The molecule has 2 heterocycles. The SMILES string of the molecule is COc1ccc(OC)c(NC(=O)CSc2nc3cccnc3n2C2CCCCC2)c1. The Morgan fingerprint density at radius 1 is 1.20 bits per heavy atom. The number of carbonyl (C=O) groups excluding carboxylic acids is 1. The molecule has 0 spiro atoms. The molecule has 0 radical (unpaired) electrons. The smallest absolute Gasteiger partial charge is 0.234 e. The van der Waals surface area contributed by atoms with E-state index in [1.54, 1.807) is 38.6 Å². The molecule has 0 saturated heterocycles. The number of nitrogens with zero attached hydrogens (tertiary/aromatic N) is 3. The van der Waals surface area contributed by atoms with Crippen molar-refractivity contribution in [3.05, 3.63) is 36.5 Å². The van der Waals surface area contributed by atoms with Crippen molar-refractivity contribution in [1.29, 1.82) is 0 Å². The summed E-state index contributed by atoms with van der Waals surface area (Å²) in [5, 5.41) is 3.77. The fraction of sp³-hybridized carbons (Fsp3) is 0.409. The number of ether oxygens (including phenoxy) is 2. The minimum Gasteiger partial charge on any atom is -0.497 e. The molecule has 1 aromatic carbocycles. The van der Waals surface area contributed by atoms with Crippen molar-refractivity contribution in [2.45, 2.75) is 43.3 Å². The number of methoxy groups -OCH3 is 2. The maximum atomic E-state index is 12.7. The number of imidazole rings is 1. The van der Waals surface area contributed by atoms with Gasteiger partial charge in [0.15, 0.2) is 10.8 Å². The van der Waals surface area contributed by atoms with Gasteiger partial charge in [0, 0.05) is 18.3 Å². The van der Waals surface area contributed by atoms with E-state index in [4.69, 9.17) is 14.5 Å². The van der Waals surface area contributed by atoms with Gasteiger partial charge in [-0.1, -0.05) is 31.0 Å². The standard InChI is InChI=1S/C22H26N4O3S/c1-28-16-10-11-19(29-2)18(13-16)24-20(27)14-30-22-25-17-9-6-12-23-21(17)26(22)15-7-4-3-5-8-15/h6,9-13,15H,3-5,7-8,14H2,1-2H3,(H,24,27). The average molecular weight is 427 g/mol. The number of pyridine rings is 1. The minimum atomic E-state index is -0.123. The molecule has 158 valence electrons. The van der Waals surface area contributed by atoms with Crippen molar-refractivity contribution in [2.75, 3.05) is 25.3 Å². The van der Waals surface area contributed by atoms with E-state index < -0.39 is 0 Å². The first-order valence-corrected chi connectivity index (χ1v) is 11.2. The maximum Gasteiger partial charge on any atom is 0.234 e. The van der Waals surface area contributed by atoms with Crippen LogP contribution in [0.2, 0.25) is 0 Å². The van der Waals surface area contributed by atoms with Crippen LogP contribution in [0.1, 0.15) is 38.1 Å². The number of amides is 1. The molecule has 1 aliphatic rings. The predicted octanol–water partition coefficient (Wildman–Crippen LogP) is 4.68. The number of aromatic nitrogens is 3. The van der Waals surface area contributed by atoms with Gasteiger partial charge in [0.05, 0.1) is 25.7 Å². The maximum absolute atomic E-state index is 12.7. The Morgan fingerprint density at radius 2 is 2.03 bits per heavy atom. The molecule has 3 aromatic rings. The first kappa shape index (κ1) is 20.5. The van der Waals surface area contributed by atoms with Gasteiger partial charge in [-0.15, -0.1) is 0 Å². The van der Waals surface area contributed by atoms with Gasteiger partial charge in [0.25, 0.3) is 0 Å². The molecule has 2 aromatic heterocycles. The third-order valence-electron chi connectivity index (χ3n) is 5.37. The van der Waals surface area contributed by atoms with Gasteiger partial charge in [-0.3, -0.25) is 4.79 Å². The molecule has 1 fully saturated rings. The number of fused-ring (bicyclic) bond motifs is 1. The summed E-state index contributed by atoms with van der Waals surface area (Å²) in [4.78, 5) is 22.0. The summed E-state index contributed by atoms with van der Waals surface area (Å²) < 4.78 is 12.8. The summed E-state index contributed by atoms with van der Waals surface area (Å²) >= 11 is 1.44. The van der Waals surface area contributed by atoms with Crippen LogP contribution >= 0.6 is 11.8 Å². The second-order valence-corrected chi connectivity index (χ2v) is 8.25. The lowest BCUT2D eigenvalue weighted by Gasteiger charge is -2.24. The van der Waals surface area contributed by atoms with E-state index in [2.05, 4.69) is 14.9 Å². The number of benzene rings is 1. The van der Waals surface area contributed by atoms with E-state index in [9.17, 15) is 4.79 Å². The van der Waals surface area contributed by atoms with E-state index in [1.165, 1.54) is 31.0 Å². The van der Waals surface area contributed by atoms with Crippen molar-refractivity contribution < 1.29 is 14.3 Å². The van der Waals surface area contributed by atoms with Crippen LogP contribution in [0.4, 0.5) is 5.69 Å². The van der Waals surface area contributed by atoms with Crippen LogP contribution in [-0.4, -0.2) is 40.4 Å². The van der Waals surface area contributed by atoms with Gasteiger partial charge in [-0.05, 0) is 37.1 Å². The number of anilines is 1. The average Bonchev–Trinajstić information content (AvgIpc) is 3.16. The van der Waals surface area contributed by atoms with Crippen LogP contribution < -0.4 is 14.8 Å². The van der Waals surface area contributed by atoms with Crippen LogP contribution in [0, 0.1) is 0 Å². The third kappa shape index (κ3) is 4.38. The van der Waals surface area contributed by atoms with Crippen molar-refractivity contribution in [2.24, 2.45) is 0 Å². The highest BCUT2D eigenvalue weighted by molar-refractivity contribution is 7.99. The largest absolute Gasteiger partial charge is 0.497 e. The first-order chi connectivity index (χ1) is 14.7. The van der Waals surface area contributed by atoms with Crippen molar-refractivity contribution >= 4 is 34.5 Å². The highest BCUT2D eigenvalue weighted by atomic mass is 32.2. The first-order valence-electron chi connectivity index (χ1n) is 10.2. The van der Waals surface area contributed by atoms with Gasteiger partial charge < -0.3 is 19.4 Å². The van der Waals surface area contributed by atoms with Crippen LogP contribution in [-0.2, 0) is 4.79 Å². The summed E-state index contributed by atoms with van der Waals surface area (Å²) in [7, 11) is 3.17. The molecule has 1 amide bonds. The van der Waals surface area contributed by atoms with Crippen molar-refractivity contribution in [3.8, 4) is 11.5 Å². The van der Waals surface area contributed by atoms with Gasteiger partial charge in [0.2, 0.25) is 5.91 Å². The van der Waals surface area contributed by atoms with E-state index in [-0.39, 0.29) is 11.7 Å². The highest BCUT2D eigenvalue weighted by Crippen LogP contribution is 2.35. The summed E-state index contributed by atoms with van der Waals surface area (Å²) in [5.74, 6) is 1.37. The van der Waals surface area contributed by atoms with Gasteiger partial charge in [-0.2, -0.15) is 0 Å². The lowest BCUT2D eigenvalue weighted by atomic mass is 9.95. The number of thioether (sulfide) groups is 1. The number of nitrogens with one attached hydrogen (secondary N) is 1. The molecule has 4 rings (SSSR count). The lowest BCUT2D eigenvalue weighted by Crippen LogP contribution is -2.17. The summed E-state index contributed by atoms with van der Waals surface area (Å²) in [6.45, 7) is 0. The van der Waals surface area contributed by atoms with Gasteiger partial charge >= 0.3 is 0 Å². The van der Waals surface area contributed by atoms with Crippen molar-refractivity contribution in [3.63, 3.8) is 0 Å². The summed E-state index contributed by atoms with van der Waals surface area (Å²) in [5.41, 5.74) is 2.37. The second kappa shape index (κ2) is 9.38. The number of hydrogen-bond donors (Lipinski definition) is 1. The zero-order chi connectivity index (χ0) is 20.9. The Bertz CT molecular complexity index is 1030. The Balaban J connectivity index is 1.52. The van der Waals surface area contributed by atoms with Gasteiger partial charge in [0.1, 0.15) is 17.0 Å². The highest BCUT2D eigenvalue weighted by Gasteiger charge is 2.23. The summed E-state index contributed by atoms with van der Waals surface area (Å²) in [6.07, 6.45) is 7.78. The monoisotopic (exact) mass is 426 g/mol. The second-order valence-electron chi connectivity index (χ2n) is 7.31. The molecule has 8 heteroatoms. The topological polar surface area (TPSA) is 78.3 Å². The molecule has 0 bridgehead atoms. The lowest BCUT2D eigenvalue weighted by molar-refractivity contribution is -0.113. The van der Waals surface area contributed by atoms with Gasteiger partial charge in [-0.25, -0.2) is 9.97 Å². The van der Waals surface area contributed by atoms with Crippen LogP contribution in [0.5, 0.6) is 11.5 Å². The van der Waals surface area contributed by atoms with Crippen molar-refractivity contribution in [1.82, 2.24) is 14.5 Å². The van der Waals surface area contributed by atoms with E-state index in [0.29, 0.717) is 23.2 Å². The van der Waals surface area contributed by atoms with Crippen LogP contribution in [0.25, 0.3) is 11.2 Å². The number of hydrogen-bond acceptors (Lipinski definition) is 6. The van der Waals surface area contributed by atoms with E-state index in [1.807, 2.05) is 12.1 Å². The quantitative estimate of drug-likeness (QED) is 0.553. The fourth-order valence-corrected chi connectivity index (χ4v) is 4.78. The normalized spacial score (nSPS) is 14.6. The predicted molar refractivity (Wildman–Crippen MR) is 119 cm³/mol. The molecule has 0 atom stereocenters. The molecule has 1 aliphatic carbocycles. The Morgan fingerprint density at radius 3 is 2.80 bits per heavy atom. The Kier molecular flexibility index (Phi) is 6.42. The minimum absolute atomic E-state index is 0.123. The Labute approximate surface area is 180 Å². The molecule has 7 nitrogen and oxygen atoms in total. The van der Waals surface area contributed by atoms with Crippen LogP contribution in [0.15, 0.2) is 41.7 Å². The zero-order valence-corrected chi connectivity index (χ0v) is 18.1. The molecule has 0 unspecified atom stereocenters. The molecular weight excluding hydrogens is 400 g/mol. The van der Waals surface area contributed by atoms with E-state index in [0.717, 1.165) is 29.2 Å². The molecule has 1 N–H and O–H groups in total. The number of carbonyl (C=O) groups is 1. The van der Waals surface area contributed by atoms with E-state index >= 15 is 0 Å². The zero-order valence-electron chi connectivity index (χ0n) is 17.3. The molecule has 1 saturated carbocycles. The third-order valence-corrected chi connectivity index (χ3v) is 6.32. The summed E-state index contributed by atoms with van der Waals surface area (Å²) in [6, 6.07) is 9.59. The Hall–Kier alpha value is -2.74.